The van der Waals surface area contributed by atoms with Gasteiger partial charge in [-0.2, -0.15) is 0 Å². The van der Waals surface area contributed by atoms with Crippen LogP contribution < -0.4 is 10.6 Å². The number of nitrogens with one attached hydrogen (secondary N) is 2. The molecule has 0 aliphatic rings. The maximum atomic E-state index is 5.27. The van der Waals surface area contributed by atoms with Crippen molar-refractivity contribution < 1.29 is 4.42 Å². The molecule has 5 heteroatoms. The SMILES string of the molecule is CCNC(=NCc1ccco1)NCCN(C)C(C)C. The van der Waals surface area contributed by atoms with Gasteiger partial charge in [0.25, 0.3) is 0 Å². The van der Waals surface area contributed by atoms with E-state index in [9.17, 15) is 0 Å². The lowest BCUT2D eigenvalue weighted by molar-refractivity contribution is 0.278. The first-order chi connectivity index (χ1) is 9.13. The van der Waals surface area contributed by atoms with Crippen LogP contribution >= 0.6 is 0 Å². The van der Waals surface area contributed by atoms with Gasteiger partial charge >= 0.3 is 0 Å². The van der Waals surface area contributed by atoms with E-state index in [-0.39, 0.29) is 0 Å². The van der Waals surface area contributed by atoms with Crippen molar-refractivity contribution in [3.05, 3.63) is 24.2 Å². The smallest absolute Gasteiger partial charge is 0.191 e. The molecular weight excluding hydrogens is 240 g/mol. The second-order valence-corrected chi connectivity index (χ2v) is 4.78. The zero-order valence-corrected chi connectivity index (χ0v) is 12.4. The Morgan fingerprint density at radius 3 is 2.79 bits per heavy atom. The molecule has 0 spiro atoms. The second-order valence-electron chi connectivity index (χ2n) is 4.78. The van der Waals surface area contributed by atoms with E-state index in [0.717, 1.165) is 31.4 Å². The molecule has 0 saturated carbocycles. The number of aliphatic imine (C=N–C) groups is 1. The third-order valence-corrected chi connectivity index (χ3v) is 2.96. The summed E-state index contributed by atoms with van der Waals surface area (Å²) in [6, 6.07) is 4.37. The predicted molar refractivity (Wildman–Crippen MR) is 79.3 cm³/mol. The number of guanidine groups is 1. The van der Waals surface area contributed by atoms with Gasteiger partial charge in [-0.05, 0) is 40.0 Å². The molecule has 1 rings (SSSR count). The van der Waals surface area contributed by atoms with Gasteiger partial charge in [0, 0.05) is 25.7 Å². The lowest BCUT2D eigenvalue weighted by Crippen LogP contribution is -2.42. The number of nitrogens with zero attached hydrogens (tertiary/aromatic N) is 2. The van der Waals surface area contributed by atoms with Crippen molar-refractivity contribution >= 4 is 5.96 Å². The molecular formula is C14H26N4O. The lowest BCUT2D eigenvalue weighted by atomic mass is 10.3. The summed E-state index contributed by atoms with van der Waals surface area (Å²) in [6.45, 7) is 9.71. The van der Waals surface area contributed by atoms with Crippen molar-refractivity contribution in [2.75, 3.05) is 26.7 Å². The summed E-state index contributed by atoms with van der Waals surface area (Å²) < 4.78 is 5.27. The number of hydrogen-bond acceptors (Lipinski definition) is 3. The van der Waals surface area contributed by atoms with Gasteiger partial charge in [-0.1, -0.05) is 0 Å². The van der Waals surface area contributed by atoms with E-state index in [2.05, 4.69) is 48.3 Å². The van der Waals surface area contributed by atoms with Crippen LogP contribution in [-0.4, -0.2) is 43.6 Å². The van der Waals surface area contributed by atoms with Gasteiger partial charge in [0.05, 0.1) is 6.26 Å². The van der Waals surface area contributed by atoms with Gasteiger partial charge in [-0.3, -0.25) is 0 Å². The standard InChI is InChI=1S/C14H26N4O/c1-5-15-14(16-8-9-18(4)12(2)3)17-11-13-7-6-10-19-13/h6-7,10,12H,5,8-9,11H2,1-4H3,(H2,15,16,17). The molecule has 0 amide bonds. The van der Waals surface area contributed by atoms with E-state index < -0.39 is 0 Å². The van der Waals surface area contributed by atoms with Gasteiger partial charge in [0.2, 0.25) is 0 Å². The monoisotopic (exact) mass is 266 g/mol. The van der Waals surface area contributed by atoms with Crippen LogP contribution in [0.25, 0.3) is 0 Å². The fourth-order valence-electron chi connectivity index (χ4n) is 1.51. The van der Waals surface area contributed by atoms with Crippen LogP contribution in [0.1, 0.15) is 26.5 Å². The van der Waals surface area contributed by atoms with E-state index in [1.807, 2.05) is 12.1 Å². The van der Waals surface area contributed by atoms with Gasteiger partial charge < -0.3 is 20.0 Å². The quantitative estimate of drug-likeness (QED) is 0.582. The fourth-order valence-corrected chi connectivity index (χ4v) is 1.51. The van der Waals surface area contributed by atoms with E-state index >= 15 is 0 Å². The van der Waals surface area contributed by atoms with Crippen molar-refractivity contribution in [2.24, 2.45) is 4.99 Å². The van der Waals surface area contributed by atoms with E-state index in [1.165, 1.54) is 0 Å². The number of likely N-dealkylation sites (N-methyl/N-ethyl adjacent to an activating group) is 1. The summed E-state index contributed by atoms with van der Waals surface area (Å²) in [7, 11) is 2.12. The largest absolute Gasteiger partial charge is 0.467 e. The minimum Gasteiger partial charge on any atom is -0.467 e. The number of hydrogen-bond donors (Lipinski definition) is 2. The van der Waals surface area contributed by atoms with E-state index in [4.69, 9.17) is 4.42 Å². The summed E-state index contributed by atoms with van der Waals surface area (Å²) in [4.78, 5) is 6.77. The van der Waals surface area contributed by atoms with Gasteiger partial charge in [-0.25, -0.2) is 4.99 Å². The lowest BCUT2D eigenvalue weighted by Gasteiger charge is -2.21. The first kappa shape index (κ1) is 15.6. The van der Waals surface area contributed by atoms with Crippen molar-refractivity contribution in [1.29, 1.82) is 0 Å². The molecule has 0 saturated heterocycles. The van der Waals surface area contributed by atoms with Crippen LogP contribution in [0.5, 0.6) is 0 Å². The minimum absolute atomic E-state index is 0.558. The molecule has 0 aliphatic carbocycles. The Labute approximate surface area is 116 Å². The summed E-state index contributed by atoms with van der Waals surface area (Å²) in [6.07, 6.45) is 1.67. The number of furan rings is 1. The second kappa shape index (κ2) is 8.58. The molecule has 0 fully saturated rings. The van der Waals surface area contributed by atoms with Crippen molar-refractivity contribution in [3.8, 4) is 0 Å². The molecule has 0 aliphatic heterocycles. The zero-order chi connectivity index (χ0) is 14.1. The highest BCUT2D eigenvalue weighted by molar-refractivity contribution is 5.79. The Morgan fingerprint density at radius 2 is 2.21 bits per heavy atom. The van der Waals surface area contributed by atoms with Crippen LogP contribution in [-0.2, 0) is 6.54 Å². The Kier molecular flexibility index (Phi) is 7.03. The highest BCUT2D eigenvalue weighted by atomic mass is 16.3. The van der Waals surface area contributed by atoms with E-state index in [1.54, 1.807) is 6.26 Å². The first-order valence-electron chi connectivity index (χ1n) is 6.88. The third kappa shape index (κ3) is 6.29. The van der Waals surface area contributed by atoms with Crippen molar-refractivity contribution in [3.63, 3.8) is 0 Å². The fraction of sp³-hybridized carbons (Fsp3) is 0.643. The van der Waals surface area contributed by atoms with Gasteiger partial charge in [0.1, 0.15) is 12.3 Å². The van der Waals surface area contributed by atoms with Crippen LogP contribution in [0.2, 0.25) is 0 Å². The Morgan fingerprint density at radius 1 is 1.42 bits per heavy atom. The molecule has 1 heterocycles. The average molecular weight is 266 g/mol. The zero-order valence-electron chi connectivity index (χ0n) is 12.4. The Balaban J connectivity index is 2.37. The normalized spacial score (nSPS) is 12.2. The summed E-state index contributed by atoms with van der Waals surface area (Å²) in [5, 5.41) is 6.55. The molecule has 5 nitrogen and oxygen atoms in total. The van der Waals surface area contributed by atoms with Crippen LogP contribution in [0.15, 0.2) is 27.8 Å². The maximum Gasteiger partial charge on any atom is 0.191 e. The molecule has 0 atom stereocenters. The summed E-state index contributed by atoms with van der Waals surface area (Å²) >= 11 is 0. The molecule has 2 N–H and O–H groups in total. The van der Waals surface area contributed by atoms with Crippen LogP contribution in [0, 0.1) is 0 Å². The Bertz CT molecular complexity index is 360. The van der Waals surface area contributed by atoms with Crippen molar-refractivity contribution in [1.82, 2.24) is 15.5 Å². The highest BCUT2D eigenvalue weighted by Gasteiger charge is 2.03. The van der Waals surface area contributed by atoms with Crippen LogP contribution in [0.4, 0.5) is 0 Å². The molecule has 0 radical (unpaired) electrons. The topological polar surface area (TPSA) is 52.8 Å². The average Bonchev–Trinajstić information content (AvgIpc) is 2.88. The summed E-state index contributed by atoms with van der Waals surface area (Å²) in [5.74, 6) is 1.70. The molecule has 19 heavy (non-hydrogen) atoms. The molecule has 1 aromatic heterocycles. The molecule has 0 unspecified atom stereocenters. The third-order valence-electron chi connectivity index (χ3n) is 2.96. The van der Waals surface area contributed by atoms with Gasteiger partial charge in [-0.15, -0.1) is 0 Å². The number of rotatable bonds is 7. The minimum atomic E-state index is 0.558. The van der Waals surface area contributed by atoms with Gasteiger partial charge in [0.15, 0.2) is 5.96 Å². The van der Waals surface area contributed by atoms with E-state index in [0.29, 0.717) is 12.6 Å². The molecule has 1 aromatic rings. The first-order valence-corrected chi connectivity index (χ1v) is 6.88. The molecule has 0 aromatic carbocycles. The summed E-state index contributed by atoms with van der Waals surface area (Å²) in [5.41, 5.74) is 0. The predicted octanol–water partition coefficient (Wildman–Crippen LogP) is 1.67. The molecule has 0 bridgehead atoms. The highest BCUT2D eigenvalue weighted by Crippen LogP contribution is 2.01. The Hall–Kier alpha value is -1.49. The van der Waals surface area contributed by atoms with Crippen LogP contribution in [0.3, 0.4) is 0 Å². The maximum absolute atomic E-state index is 5.27. The van der Waals surface area contributed by atoms with Crippen molar-refractivity contribution in [2.45, 2.75) is 33.4 Å². The molecule has 108 valence electrons.